The molecular formula is C16H22N2O2. The van der Waals surface area contributed by atoms with E-state index in [9.17, 15) is 4.79 Å². The smallest absolute Gasteiger partial charge is 0.242 e. The second kappa shape index (κ2) is 5.99. The maximum absolute atomic E-state index is 12.0. The van der Waals surface area contributed by atoms with Gasteiger partial charge in [-0.25, -0.2) is 0 Å². The molecule has 1 aromatic heterocycles. The Hall–Kier alpha value is -1.97. The van der Waals surface area contributed by atoms with Crippen LogP contribution >= 0.6 is 0 Å². The number of amides is 1. The number of hydrogen-bond acceptors (Lipinski definition) is 2. The molecule has 0 bridgehead atoms. The van der Waals surface area contributed by atoms with Gasteiger partial charge in [0.2, 0.25) is 5.91 Å². The van der Waals surface area contributed by atoms with E-state index in [-0.39, 0.29) is 12.0 Å². The van der Waals surface area contributed by atoms with Gasteiger partial charge in [-0.1, -0.05) is 6.07 Å². The predicted octanol–water partition coefficient (Wildman–Crippen LogP) is 2.91. The zero-order valence-electron chi connectivity index (χ0n) is 12.6. The molecule has 108 valence electrons. The van der Waals surface area contributed by atoms with Crippen LogP contribution in [0.2, 0.25) is 0 Å². The molecule has 4 heteroatoms. The third-order valence-electron chi connectivity index (χ3n) is 3.34. The standard InChI is InChI=1S/C16H22N2O2/c1-5-17(4)16(19)11-18-10-9-13-14(18)7-6-8-15(13)20-12(2)3/h6-10,12H,5,11H2,1-4H3. The number of carbonyl (C=O) groups is 1. The van der Waals surface area contributed by atoms with Crippen LogP contribution in [0.15, 0.2) is 30.5 Å². The van der Waals surface area contributed by atoms with Crippen molar-refractivity contribution in [1.29, 1.82) is 0 Å². The monoisotopic (exact) mass is 274 g/mol. The summed E-state index contributed by atoms with van der Waals surface area (Å²) in [6, 6.07) is 7.95. The molecule has 1 amide bonds. The van der Waals surface area contributed by atoms with Gasteiger partial charge in [0.05, 0.1) is 11.6 Å². The lowest BCUT2D eigenvalue weighted by molar-refractivity contribution is -0.130. The highest BCUT2D eigenvalue weighted by Gasteiger charge is 2.12. The van der Waals surface area contributed by atoms with E-state index in [1.165, 1.54) is 0 Å². The zero-order chi connectivity index (χ0) is 14.7. The zero-order valence-corrected chi connectivity index (χ0v) is 12.6. The molecule has 0 aliphatic rings. The van der Waals surface area contributed by atoms with Crippen LogP contribution in [0.3, 0.4) is 0 Å². The molecule has 2 rings (SSSR count). The van der Waals surface area contributed by atoms with Crippen molar-refractivity contribution in [3.8, 4) is 5.75 Å². The van der Waals surface area contributed by atoms with E-state index < -0.39 is 0 Å². The van der Waals surface area contributed by atoms with Crippen LogP contribution in [0.25, 0.3) is 10.9 Å². The molecule has 20 heavy (non-hydrogen) atoms. The number of fused-ring (bicyclic) bond motifs is 1. The van der Waals surface area contributed by atoms with Gasteiger partial charge in [-0.15, -0.1) is 0 Å². The molecule has 0 unspecified atom stereocenters. The Kier molecular flexibility index (Phi) is 4.32. The molecule has 0 fully saturated rings. The first kappa shape index (κ1) is 14.4. The van der Waals surface area contributed by atoms with Crippen molar-refractivity contribution in [2.45, 2.75) is 33.4 Å². The highest BCUT2D eigenvalue weighted by molar-refractivity contribution is 5.88. The third kappa shape index (κ3) is 2.95. The molecule has 0 N–H and O–H groups in total. The van der Waals surface area contributed by atoms with E-state index in [0.717, 1.165) is 23.2 Å². The summed E-state index contributed by atoms with van der Waals surface area (Å²) >= 11 is 0. The average Bonchev–Trinajstić information content (AvgIpc) is 2.81. The van der Waals surface area contributed by atoms with E-state index in [4.69, 9.17) is 4.74 Å². The Bertz CT molecular complexity index is 602. The van der Waals surface area contributed by atoms with Crippen molar-refractivity contribution in [1.82, 2.24) is 9.47 Å². The number of likely N-dealkylation sites (N-methyl/N-ethyl adjacent to an activating group) is 1. The third-order valence-corrected chi connectivity index (χ3v) is 3.34. The van der Waals surface area contributed by atoms with Crippen molar-refractivity contribution in [3.63, 3.8) is 0 Å². The first-order valence-electron chi connectivity index (χ1n) is 7.01. The summed E-state index contributed by atoms with van der Waals surface area (Å²) in [6.07, 6.45) is 2.08. The molecule has 2 aromatic rings. The fourth-order valence-electron chi connectivity index (χ4n) is 2.13. The van der Waals surface area contributed by atoms with Crippen molar-refractivity contribution >= 4 is 16.8 Å². The van der Waals surface area contributed by atoms with Crippen LogP contribution in [-0.2, 0) is 11.3 Å². The van der Waals surface area contributed by atoms with Crippen LogP contribution in [0.4, 0.5) is 0 Å². The van der Waals surface area contributed by atoms with E-state index in [2.05, 4.69) is 0 Å². The Balaban J connectivity index is 2.30. The highest BCUT2D eigenvalue weighted by Crippen LogP contribution is 2.27. The summed E-state index contributed by atoms with van der Waals surface area (Å²) in [7, 11) is 1.82. The Morgan fingerprint density at radius 2 is 2.10 bits per heavy atom. The fourth-order valence-corrected chi connectivity index (χ4v) is 2.13. The molecule has 0 saturated carbocycles. The van der Waals surface area contributed by atoms with Crippen LogP contribution in [0, 0.1) is 0 Å². The number of benzene rings is 1. The number of rotatable bonds is 5. The van der Waals surface area contributed by atoms with Gasteiger partial charge in [-0.2, -0.15) is 0 Å². The fraction of sp³-hybridized carbons (Fsp3) is 0.438. The molecule has 1 aromatic carbocycles. The number of hydrogen-bond donors (Lipinski definition) is 0. The second-order valence-electron chi connectivity index (χ2n) is 5.21. The second-order valence-corrected chi connectivity index (χ2v) is 5.21. The minimum atomic E-state index is 0.111. The summed E-state index contributed by atoms with van der Waals surface area (Å²) < 4.78 is 7.77. The van der Waals surface area contributed by atoms with Gasteiger partial charge in [0, 0.05) is 25.2 Å². The summed E-state index contributed by atoms with van der Waals surface area (Å²) in [6.45, 7) is 7.07. The maximum Gasteiger partial charge on any atom is 0.242 e. The quantitative estimate of drug-likeness (QED) is 0.840. The van der Waals surface area contributed by atoms with E-state index >= 15 is 0 Å². The maximum atomic E-state index is 12.0. The number of ether oxygens (including phenoxy) is 1. The largest absolute Gasteiger partial charge is 0.490 e. The van der Waals surface area contributed by atoms with Gasteiger partial charge < -0.3 is 14.2 Å². The molecule has 0 aliphatic heterocycles. The van der Waals surface area contributed by atoms with E-state index in [0.29, 0.717) is 6.54 Å². The van der Waals surface area contributed by atoms with E-state index in [1.807, 2.05) is 62.8 Å². The Morgan fingerprint density at radius 1 is 1.35 bits per heavy atom. The number of carbonyl (C=O) groups excluding carboxylic acids is 1. The minimum absolute atomic E-state index is 0.111. The predicted molar refractivity (Wildman–Crippen MR) is 81.0 cm³/mol. The van der Waals surface area contributed by atoms with E-state index in [1.54, 1.807) is 4.90 Å². The average molecular weight is 274 g/mol. The van der Waals surface area contributed by atoms with Crippen molar-refractivity contribution in [2.24, 2.45) is 0 Å². The molecule has 0 aliphatic carbocycles. The van der Waals surface area contributed by atoms with Crippen LogP contribution in [0.1, 0.15) is 20.8 Å². The molecule has 0 saturated heterocycles. The van der Waals surface area contributed by atoms with Crippen LogP contribution in [-0.4, -0.2) is 35.1 Å². The Morgan fingerprint density at radius 3 is 2.75 bits per heavy atom. The van der Waals surface area contributed by atoms with Gasteiger partial charge in [-0.05, 0) is 39.0 Å². The van der Waals surface area contributed by atoms with Gasteiger partial charge in [0.1, 0.15) is 12.3 Å². The summed E-state index contributed by atoms with van der Waals surface area (Å²) in [5, 5.41) is 1.05. The van der Waals surface area contributed by atoms with Gasteiger partial charge >= 0.3 is 0 Å². The molecule has 0 spiro atoms. The normalized spacial score (nSPS) is 11.1. The van der Waals surface area contributed by atoms with Crippen LogP contribution in [0.5, 0.6) is 5.75 Å². The van der Waals surface area contributed by atoms with Gasteiger partial charge in [0.25, 0.3) is 0 Å². The van der Waals surface area contributed by atoms with Crippen molar-refractivity contribution in [2.75, 3.05) is 13.6 Å². The molecular weight excluding hydrogens is 252 g/mol. The van der Waals surface area contributed by atoms with Crippen molar-refractivity contribution < 1.29 is 9.53 Å². The van der Waals surface area contributed by atoms with Crippen molar-refractivity contribution in [3.05, 3.63) is 30.5 Å². The molecule has 1 heterocycles. The Labute approximate surface area is 119 Å². The lowest BCUT2D eigenvalue weighted by Crippen LogP contribution is -2.29. The summed E-state index contributed by atoms with van der Waals surface area (Å²) in [4.78, 5) is 13.7. The topological polar surface area (TPSA) is 34.5 Å². The minimum Gasteiger partial charge on any atom is -0.490 e. The van der Waals surface area contributed by atoms with Gasteiger partial charge in [0.15, 0.2) is 0 Å². The highest BCUT2D eigenvalue weighted by atomic mass is 16.5. The summed E-state index contributed by atoms with van der Waals surface area (Å²) in [5.41, 5.74) is 1.03. The molecule has 0 atom stereocenters. The van der Waals surface area contributed by atoms with Crippen LogP contribution < -0.4 is 4.74 Å². The lowest BCUT2D eigenvalue weighted by atomic mass is 10.2. The first-order valence-corrected chi connectivity index (χ1v) is 7.01. The first-order chi connectivity index (χ1) is 9.52. The van der Waals surface area contributed by atoms with Gasteiger partial charge in [-0.3, -0.25) is 4.79 Å². The molecule has 4 nitrogen and oxygen atoms in total. The SMILES string of the molecule is CCN(C)C(=O)Cn1ccc2c(OC(C)C)cccc21. The number of nitrogens with zero attached hydrogens (tertiary/aromatic N) is 2. The summed E-state index contributed by atoms with van der Waals surface area (Å²) in [5.74, 6) is 0.979. The lowest BCUT2D eigenvalue weighted by Gasteiger charge is -2.15. The molecule has 0 radical (unpaired) electrons. The number of aromatic nitrogens is 1.